The van der Waals surface area contributed by atoms with E-state index >= 15 is 0 Å². The lowest BCUT2D eigenvalue weighted by Crippen LogP contribution is -2.25. The number of thioether (sulfide) groups is 1. The topological polar surface area (TPSA) is 87.8 Å². The van der Waals surface area contributed by atoms with E-state index in [1.807, 2.05) is 30.3 Å². The van der Waals surface area contributed by atoms with Gasteiger partial charge >= 0.3 is 0 Å². The predicted molar refractivity (Wildman–Crippen MR) is 137 cm³/mol. The molecule has 0 aliphatic heterocycles. The third-order valence-corrected chi connectivity index (χ3v) is 8.04. The number of nitrogens with zero attached hydrogens (tertiary/aromatic N) is 3. The molecule has 8 heteroatoms. The molecular weight excluding hydrogens is 464 g/mol. The zero-order valence-electron chi connectivity index (χ0n) is 18.4. The summed E-state index contributed by atoms with van der Waals surface area (Å²) in [5.74, 6) is -0.170. The Bertz CT molecular complexity index is 1470. The average Bonchev–Trinajstić information content (AvgIpc) is 3.24. The number of rotatable bonds is 6. The molecule has 4 aromatic rings. The number of thiophene rings is 1. The van der Waals surface area contributed by atoms with Crippen molar-refractivity contribution in [3.63, 3.8) is 0 Å². The van der Waals surface area contributed by atoms with E-state index < -0.39 is 0 Å². The molecule has 0 saturated carbocycles. The van der Waals surface area contributed by atoms with Crippen molar-refractivity contribution in [1.82, 2.24) is 9.55 Å². The molecule has 6 nitrogen and oxygen atoms in total. The highest BCUT2D eigenvalue weighted by Gasteiger charge is 2.23. The lowest BCUT2D eigenvalue weighted by Gasteiger charge is -2.14. The Morgan fingerprint density at radius 1 is 1.12 bits per heavy atom. The fourth-order valence-corrected chi connectivity index (χ4v) is 6.34. The van der Waals surface area contributed by atoms with Gasteiger partial charge in [-0.2, -0.15) is 5.26 Å². The van der Waals surface area contributed by atoms with Crippen LogP contribution in [0.3, 0.4) is 0 Å². The third kappa shape index (κ3) is 4.49. The molecule has 0 spiro atoms. The van der Waals surface area contributed by atoms with Crippen molar-refractivity contribution in [2.24, 2.45) is 0 Å². The molecule has 34 heavy (non-hydrogen) atoms. The monoisotopic (exact) mass is 486 g/mol. The smallest absolute Gasteiger partial charge is 0.263 e. The van der Waals surface area contributed by atoms with Crippen LogP contribution < -0.4 is 10.9 Å². The van der Waals surface area contributed by atoms with E-state index in [-0.39, 0.29) is 17.2 Å². The molecule has 0 saturated heterocycles. The summed E-state index contributed by atoms with van der Waals surface area (Å²) < 4.78 is 1.69. The summed E-state index contributed by atoms with van der Waals surface area (Å²) in [5, 5.41) is 13.3. The number of carbonyl (C=O) groups excluding carboxylic acids is 1. The summed E-state index contributed by atoms with van der Waals surface area (Å²) in [6.45, 7) is 0.397. The van der Waals surface area contributed by atoms with E-state index in [0.29, 0.717) is 23.0 Å². The fraction of sp³-hybridized carbons (Fsp3) is 0.231. The van der Waals surface area contributed by atoms with Crippen molar-refractivity contribution in [3.8, 4) is 6.07 Å². The van der Waals surface area contributed by atoms with Gasteiger partial charge in [-0.3, -0.25) is 14.2 Å². The van der Waals surface area contributed by atoms with Gasteiger partial charge in [-0.1, -0.05) is 54.2 Å². The van der Waals surface area contributed by atoms with Crippen LogP contribution >= 0.6 is 23.1 Å². The maximum absolute atomic E-state index is 13.7. The average molecular weight is 487 g/mol. The number of benzene rings is 2. The van der Waals surface area contributed by atoms with Gasteiger partial charge in [0.2, 0.25) is 5.91 Å². The molecule has 2 aromatic carbocycles. The van der Waals surface area contributed by atoms with Crippen LogP contribution in [0.4, 0.5) is 5.69 Å². The number of amides is 1. The van der Waals surface area contributed by atoms with Crippen LogP contribution in [0.25, 0.3) is 10.2 Å². The van der Waals surface area contributed by atoms with Gasteiger partial charge in [0.05, 0.1) is 28.9 Å². The first-order valence-corrected chi connectivity index (χ1v) is 12.9. The van der Waals surface area contributed by atoms with E-state index in [2.05, 4.69) is 11.4 Å². The molecule has 170 valence electrons. The standard InChI is InChI=1S/C26H22N4O2S2/c27-14-18-10-4-6-12-20(18)28-22(31)16-33-26-29-24-23(19-11-5-7-13-21(19)34-24)25(32)30(26)15-17-8-2-1-3-9-17/h1-4,6,8-10,12H,5,7,11,13,15-16H2,(H,28,31). The van der Waals surface area contributed by atoms with E-state index in [9.17, 15) is 14.9 Å². The minimum absolute atomic E-state index is 0.0361. The van der Waals surface area contributed by atoms with E-state index in [1.165, 1.54) is 16.6 Å². The van der Waals surface area contributed by atoms with Gasteiger partial charge in [0.1, 0.15) is 10.9 Å². The summed E-state index contributed by atoms with van der Waals surface area (Å²) in [6.07, 6.45) is 4.16. The number of para-hydroxylation sites is 1. The van der Waals surface area contributed by atoms with Gasteiger partial charge < -0.3 is 5.32 Å². The number of fused-ring (bicyclic) bond motifs is 3. The van der Waals surface area contributed by atoms with Gasteiger partial charge in [-0.15, -0.1) is 11.3 Å². The molecule has 1 aliphatic carbocycles. The van der Waals surface area contributed by atoms with Crippen molar-refractivity contribution in [2.45, 2.75) is 37.4 Å². The van der Waals surface area contributed by atoms with Crippen LogP contribution in [0.2, 0.25) is 0 Å². The highest BCUT2D eigenvalue weighted by atomic mass is 32.2. The SMILES string of the molecule is N#Cc1ccccc1NC(=O)CSc1nc2sc3c(c2c(=O)n1Cc1ccccc1)CCCC3. The Morgan fingerprint density at radius 3 is 2.71 bits per heavy atom. The van der Waals surface area contributed by atoms with E-state index in [4.69, 9.17) is 4.98 Å². The second-order valence-corrected chi connectivity index (χ2v) is 10.2. The maximum Gasteiger partial charge on any atom is 0.263 e. The minimum atomic E-state index is -0.251. The van der Waals surface area contributed by atoms with Gasteiger partial charge in [-0.05, 0) is 48.9 Å². The first kappa shape index (κ1) is 22.4. The number of nitriles is 1. The van der Waals surface area contributed by atoms with Crippen LogP contribution in [0.15, 0.2) is 64.5 Å². The number of nitrogens with one attached hydrogen (secondary N) is 1. The second-order valence-electron chi connectivity index (χ2n) is 8.16. The Hall–Kier alpha value is -3.41. The molecule has 0 bridgehead atoms. The van der Waals surface area contributed by atoms with Crippen molar-refractivity contribution < 1.29 is 4.79 Å². The van der Waals surface area contributed by atoms with Crippen molar-refractivity contribution >= 4 is 44.9 Å². The van der Waals surface area contributed by atoms with Crippen molar-refractivity contribution in [3.05, 3.63) is 86.5 Å². The number of anilines is 1. The Kier molecular flexibility index (Phi) is 6.48. The zero-order valence-corrected chi connectivity index (χ0v) is 20.0. The lowest BCUT2D eigenvalue weighted by molar-refractivity contribution is -0.113. The summed E-state index contributed by atoms with van der Waals surface area (Å²) >= 11 is 2.86. The van der Waals surface area contributed by atoms with E-state index in [1.54, 1.807) is 40.2 Å². The maximum atomic E-state index is 13.7. The summed E-state index contributed by atoms with van der Waals surface area (Å²) in [6, 6.07) is 18.8. The van der Waals surface area contributed by atoms with Gasteiger partial charge in [0.25, 0.3) is 5.56 Å². The van der Waals surface area contributed by atoms with Gasteiger partial charge in [-0.25, -0.2) is 4.98 Å². The molecule has 1 aliphatic rings. The molecule has 0 atom stereocenters. The van der Waals surface area contributed by atoms with Crippen molar-refractivity contribution in [1.29, 1.82) is 5.26 Å². The molecule has 0 radical (unpaired) electrons. The highest BCUT2D eigenvalue weighted by Crippen LogP contribution is 2.34. The summed E-state index contributed by atoms with van der Waals surface area (Å²) in [5.41, 5.74) is 3.01. The van der Waals surface area contributed by atoms with Crippen LogP contribution in [-0.4, -0.2) is 21.2 Å². The molecular formula is C26H22N4O2S2. The Labute approximate surface area is 205 Å². The Balaban J connectivity index is 1.47. The summed E-state index contributed by atoms with van der Waals surface area (Å²) in [7, 11) is 0. The van der Waals surface area contributed by atoms with Gasteiger partial charge in [0, 0.05) is 4.88 Å². The lowest BCUT2D eigenvalue weighted by atomic mass is 9.97. The molecule has 0 fully saturated rings. The highest BCUT2D eigenvalue weighted by molar-refractivity contribution is 7.99. The molecule has 2 heterocycles. The largest absolute Gasteiger partial charge is 0.324 e. The van der Waals surface area contributed by atoms with E-state index in [0.717, 1.165) is 47.0 Å². The van der Waals surface area contributed by atoms with Crippen LogP contribution in [0, 0.1) is 11.3 Å². The number of hydrogen-bond donors (Lipinski definition) is 1. The zero-order chi connectivity index (χ0) is 23.5. The quantitative estimate of drug-likeness (QED) is 0.307. The van der Waals surface area contributed by atoms with Crippen LogP contribution in [0.1, 0.15) is 34.4 Å². The third-order valence-electron chi connectivity index (χ3n) is 5.88. The first-order valence-electron chi connectivity index (χ1n) is 11.1. The number of aryl methyl sites for hydroxylation is 2. The predicted octanol–water partition coefficient (Wildman–Crippen LogP) is 4.99. The number of hydrogen-bond acceptors (Lipinski definition) is 6. The second kappa shape index (κ2) is 9.84. The molecule has 0 unspecified atom stereocenters. The van der Waals surface area contributed by atoms with Crippen LogP contribution in [0.5, 0.6) is 0 Å². The first-order chi connectivity index (χ1) is 16.6. The number of aromatic nitrogens is 2. The van der Waals surface area contributed by atoms with Gasteiger partial charge in [0.15, 0.2) is 5.16 Å². The molecule has 1 amide bonds. The minimum Gasteiger partial charge on any atom is -0.324 e. The Morgan fingerprint density at radius 2 is 1.88 bits per heavy atom. The normalized spacial score (nSPS) is 12.8. The molecule has 1 N–H and O–H groups in total. The van der Waals surface area contributed by atoms with Crippen LogP contribution in [-0.2, 0) is 24.2 Å². The van der Waals surface area contributed by atoms with Crippen molar-refractivity contribution in [2.75, 3.05) is 11.1 Å². The number of carbonyl (C=O) groups is 1. The summed E-state index contributed by atoms with van der Waals surface area (Å²) in [4.78, 5) is 33.3. The molecule has 5 rings (SSSR count). The molecule has 2 aromatic heterocycles. The fourth-order valence-electron chi connectivity index (χ4n) is 4.24.